The fourth-order valence-corrected chi connectivity index (χ4v) is 3.09. The summed E-state index contributed by atoms with van der Waals surface area (Å²) >= 11 is 0. The summed E-state index contributed by atoms with van der Waals surface area (Å²) in [5, 5.41) is 6.64. The Labute approximate surface area is 172 Å². The number of guanidine groups is 1. The van der Waals surface area contributed by atoms with E-state index in [0.29, 0.717) is 0 Å². The molecule has 0 aliphatic carbocycles. The van der Waals surface area contributed by atoms with Crippen LogP contribution in [0.2, 0.25) is 0 Å². The number of benzene rings is 1. The van der Waals surface area contributed by atoms with Crippen molar-refractivity contribution in [3.8, 4) is 11.5 Å². The van der Waals surface area contributed by atoms with Crippen LogP contribution < -0.4 is 25.7 Å². The largest absolute Gasteiger partial charge is 0.493 e. The summed E-state index contributed by atoms with van der Waals surface area (Å²) in [5.41, 5.74) is 2.22. The van der Waals surface area contributed by atoms with E-state index in [1.54, 1.807) is 33.4 Å². The number of aliphatic imine (C=N–C) groups is 1. The molecule has 0 aliphatic heterocycles. The number of methoxy groups -OCH3 is 2. The number of hydrogen-bond donors (Lipinski definition) is 2. The van der Waals surface area contributed by atoms with Crippen molar-refractivity contribution in [1.82, 2.24) is 15.2 Å². The molecule has 0 saturated heterocycles. The van der Waals surface area contributed by atoms with E-state index in [2.05, 4.69) is 15.6 Å². The van der Waals surface area contributed by atoms with Crippen LogP contribution in [0.25, 0.3) is 0 Å². The molecule has 2 rings (SSSR count). The third-order valence-electron chi connectivity index (χ3n) is 4.75. The van der Waals surface area contributed by atoms with Crippen molar-refractivity contribution in [3.05, 3.63) is 58.0 Å². The molecule has 2 N–H and O–H groups in total. The van der Waals surface area contributed by atoms with Gasteiger partial charge in [0.2, 0.25) is 0 Å². The fraction of sp³-hybridized carbons (Fsp3) is 0.455. The topological polar surface area (TPSA) is 76.9 Å². The highest BCUT2D eigenvalue weighted by atomic mass is 16.5. The van der Waals surface area contributed by atoms with Crippen LogP contribution in [0.15, 0.2) is 46.2 Å². The summed E-state index contributed by atoms with van der Waals surface area (Å²) in [4.78, 5) is 16.1. The Morgan fingerprint density at radius 1 is 1.03 bits per heavy atom. The van der Waals surface area contributed by atoms with Crippen molar-refractivity contribution in [2.75, 3.05) is 34.4 Å². The summed E-state index contributed by atoms with van der Waals surface area (Å²) in [7, 11) is 5.04. The molecule has 0 aliphatic rings. The number of nitrogens with one attached hydrogen (secondary N) is 2. The third-order valence-corrected chi connectivity index (χ3v) is 4.75. The number of hydrogen-bond acceptors (Lipinski definition) is 4. The molecule has 0 bridgehead atoms. The Balaban J connectivity index is 1.70. The second kappa shape index (κ2) is 11.8. The van der Waals surface area contributed by atoms with Crippen LogP contribution in [-0.4, -0.2) is 44.9 Å². The minimum absolute atomic E-state index is 0.0607. The molecular weight excluding hydrogens is 368 g/mol. The van der Waals surface area contributed by atoms with Crippen molar-refractivity contribution >= 4 is 5.96 Å². The molecule has 2 aromatic rings. The van der Waals surface area contributed by atoms with Gasteiger partial charge < -0.3 is 24.7 Å². The number of ether oxygens (including phenoxy) is 2. The zero-order chi connectivity index (χ0) is 21.1. The molecule has 158 valence electrons. The van der Waals surface area contributed by atoms with Gasteiger partial charge >= 0.3 is 0 Å². The Morgan fingerprint density at radius 2 is 1.79 bits per heavy atom. The van der Waals surface area contributed by atoms with Crippen molar-refractivity contribution in [2.24, 2.45) is 4.99 Å². The molecule has 0 unspecified atom stereocenters. The number of pyridine rings is 1. The molecule has 1 heterocycles. The van der Waals surface area contributed by atoms with Crippen LogP contribution >= 0.6 is 0 Å². The monoisotopic (exact) mass is 400 g/mol. The first-order valence-electron chi connectivity index (χ1n) is 9.91. The van der Waals surface area contributed by atoms with E-state index < -0.39 is 0 Å². The van der Waals surface area contributed by atoms with Gasteiger partial charge in [0, 0.05) is 38.4 Å². The Morgan fingerprint density at radius 3 is 2.48 bits per heavy atom. The van der Waals surface area contributed by atoms with Gasteiger partial charge in [0.15, 0.2) is 17.5 Å². The zero-order valence-corrected chi connectivity index (χ0v) is 17.8. The lowest BCUT2D eigenvalue weighted by Gasteiger charge is -2.13. The number of aromatic nitrogens is 1. The fourth-order valence-electron chi connectivity index (χ4n) is 3.09. The van der Waals surface area contributed by atoms with Crippen LogP contribution in [0.5, 0.6) is 11.5 Å². The molecule has 0 saturated carbocycles. The van der Waals surface area contributed by atoms with Gasteiger partial charge in [0.05, 0.1) is 14.2 Å². The average Bonchev–Trinajstić information content (AvgIpc) is 2.73. The summed E-state index contributed by atoms with van der Waals surface area (Å²) in [6.45, 7) is 4.26. The van der Waals surface area contributed by atoms with Gasteiger partial charge in [0.1, 0.15) is 0 Å². The van der Waals surface area contributed by atoms with E-state index in [0.717, 1.165) is 67.6 Å². The average molecular weight is 401 g/mol. The number of rotatable bonds is 10. The standard InChI is InChI=1S/C22H32N4O3/c1-17-8-7-9-21(27)26(17)15-6-5-13-24-22(23-2)25-14-12-18-10-11-19(28-3)20(16-18)29-4/h7-11,16H,5-6,12-15H2,1-4H3,(H2,23,24,25). The Bertz CT molecular complexity index is 861. The zero-order valence-electron chi connectivity index (χ0n) is 17.8. The summed E-state index contributed by atoms with van der Waals surface area (Å²) in [6, 6.07) is 11.3. The van der Waals surface area contributed by atoms with Crippen LogP contribution in [-0.2, 0) is 13.0 Å². The highest BCUT2D eigenvalue weighted by molar-refractivity contribution is 5.79. The van der Waals surface area contributed by atoms with Gasteiger partial charge in [-0.25, -0.2) is 0 Å². The Kier molecular flexibility index (Phi) is 9.08. The predicted molar refractivity (Wildman–Crippen MR) is 117 cm³/mol. The van der Waals surface area contributed by atoms with Crippen LogP contribution in [0.4, 0.5) is 0 Å². The summed E-state index contributed by atoms with van der Waals surface area (Å²) in [6.07, 6.45) is 2.73. The molecular formula is C22H32N4O3. The van der Waals surface area contributed by atoms with E-state index in [4.69, 9.17) is 9.47 Å². The quantitative estimate of drug-likeness (QED) is 0.364. The lowest BCUT2D eigenvalue weighted by molar-refractivity contribution is 0.354. The number of aryl methyl sites for hydroxylation is 1. The molecule has 7 heteroatoms. The van der Waals surface area contributed by atoms with Gasteiger partial charge in [-0.3, -0.25) is 9.79 Å². The van der Waals surface area contributed by atoms with Crippen molar-refractivity contribution in [1.29, 1.82) is 0 Å². The molecule has 1 aromatic heterocycles. The SMILES string of the molecule is CN=C(NCCCCn1c(C)cccc1=O)NCCc1ccc(OC)c(OC)c1. The second-order valence-electron chi connectivity index (χ2n) is 6.73. The van der Waals surface area contributed by atoms with Crippen molar-refractivity contribution in [3.63, 3.8) is 0 Å². The van der Waals surface area contributed by atoms with Crippen LogP contribution in [0.3, 0.4) is 0 Å². The molecule has 7 nitrogen and oxygen atoms in total. The third kappa shape index (κ3) is 6.85. The molecule has 0 fully saturated rings. The predicted octanol–water partition coefficient (Wildman–Crippen LogP) is 2.36. The highest BCUT2D eigenvalue weighted by Crippen LogP contribution is 2.27. The minimum atomic E-state index is 0.0607. The maximum absolute atomic E-state index is 11.9. The van der Waals surface area contributed by atoms with E-state index >= 15 is 0 Å². The summed E-state index contributed by atoms with van der Waals surface area (Å²) < 4.78 is 12.4. The molecule has 0 atom stereocenters. The van der Waals surface area contributed by atoms with Gasteiger partial charge in [-0.2, -0.15) is 0 Å². The lowest BCUT2D eigenvalue weighted by Crippen LogP contribution is -2.38. The molecule has 29 heavy (non-hydrogen) atoms. The van der Waals surface area contributed by atoms with Gasteiger partial charge in [-0.05, 0) is 49.9 Å². The first-order valence-corrected chi connectivity index (χ1v) is 9.91. The van der Waals surface area contributed by atoms with E-state index in [1.807, 2.05) is 35.8 Å². The van der Waals surface area contributed by atoms with Gasteiger partial charge in [-0.1, -0.05) is 12.1 Å². The van der Waals surface area contributed by atoms with E-state index in [-0.39, 0.29) is 5.56 Å². The van der Waals surface area contributed by atoms with Crippen LogP contribution in [0, 0.1) is 6.92 Å². The molecule has 0 amide bonds. The minimum Gasteiger partial charge on any atom is -0.493 e. The molecule has 1 aromatic carbocycles. The lowest BCUT2D eigenvalue weighted by atomic mass is 10.1. The van der Waals surface area contributed by atoms with Gasteiger partial charge in [0.25, 0.3) is 5.56 Å². The Hall–Kier alpha value is -2.96. The maximum atomic E-state index is 11.9. The second-order valence-corrected chi connectivity index (χ2v) is 6.73. The van der Waals surface area contributed by atoms with E-state index in [9.17, 15) is 4.79 Å². The normalized spacial score (nSPS) is 11.2. The first kappa shape index (κ1) is 22.3. The molecule has 0 spiro atoms. The van der Waals surface area contributed by atoms with Crippen molar-refractivity contribution in [2.45, 2.75) is 32.7 Å². The highest BCUT2D eigenvalue weighted by Gasteiger charge is 2.05. The van der Waals surface area contributed by atoms with Gasteiger partial charge in [-0.15, -0.1) is 0 Å². The molecule has 0 radical (unpaired) electrons. The van der Waals surface area contributed by atoms with Crippen molar-refractivity contribution < 1.29 is 9.47 Å². The smallest absolute Gasteiger partial charge is 0.250 e. The van der Waals surface area contributed by atoms with E-state index in [1.165, 1.54) is 0 Å². The first-order chi connectivity index (χ1) is 14.1. The van der Waals surface area contributed by atoms with Crippen LogP contribution in [0.1, 0.15) is 24.1 Å². The number of unbranched alkanes of at least 4 members (excludes halogenated alkanes) is 1. The summed E-state index contributed by atoms with van der Waals surface area (Å²) in [5.74, 6) is 2.24. The maximum Gasteiger partial charge on any atom is 0.250 e. The number of nitrogens with zero attached hydrogens (tertiary/aromatic N) is 2.